The average Bonchev–Trinajstić information content (AvgIpc) is 3.13. The van der Waals surface area contributed by atoms with Crippen LogP contribution in [0.5, 0.6) is 0 Å². The highest BCUT2D eigenvalue weighted by Crippen LogP contribution is 2.41. The van der Waals surface area contributed by atoms with E-state index in [9.17, 15) is 9.59 Å². The second kappa shape index (κ2) is 4.14. The Bertz CT molecular complexity index is 751. The second-order valence-electron chi connectivity index (χ2n) is 4.61. The molecule has 2 aliphatic rings. The molecule has 6 heteroatoms. The Morgan fingerprint density at radius 2 is 1.95 bits per heavy atom. The van der Waals surface area contributed by atoms with Gasteiger partial charge in [-0.3, -0.25) is 14.6 Å². The summed E-state index contributed by atoms with van der Waals surface area (Å²) >= 11 is 1.38. The summed E-state index contributed by atoms with van der Waals surface area (Å²) in [6, 6.07) is 3.48. The molecule has 2 atom stereocenters. The number of aromatic nitrogens is 2. The fourth-order valence-corrected chi connectivity index (χ4v) is 3.59. The van der Waals surface area contributed by atoms with Crippen LogP contribution in [-0.4, -0.2) is 27.0 Å². The minimum absolute atomic E-state index is 0.0789. The monoisotopic (exact) mass is 284 g/mol. The predicted molar refractivity (Wildman–Crippen MR) is 72.4 cm³/mol. The quantitative estimate of drug-likeness (QED) is 0.800. The number of thioether (sulfide) groups is 1. The van der Waals surface area contributed by atoms with Crippen LogP contribution in [0.2, 0.25) is 0 Å². The summed E-state index contributed by atoms with van der Waals surface area (Å²) in [7, 11) is 0. The van der Waals surface area contributed by atoms with Gasteiger partial charge in [0.2, 0.25) is 11.5 Å². The number of nitrogens with zero attached hydrogens (tertiary/aromatic N) is 2. The van der Waals surface area contributed by atoms with Crippen LogP contribution >= 0.6 is 11.8 Å². The zero-order valence-corrected chi connectivity index (χ0v) is 11.0. The number of rotatable bonds is 1. The Morgan fingerprint density at radius 1 is 1.15 bits per heavy atom. The molecule has 1 aliphatic carbocycles. The van der Waals surface area contributed by atoms with Gasteiger partial charge in [0.05, 0.1) is 16.7 Å². The van der Waals surface area contributed by atoms with E-state index >= 15 is 0 Å². The van der Waals surface area contributed by atoms with Gasteiger partial charge in [0.25, 0.3) is 0 Å². The molecule has 0 bridgehead atoms. The molecule has 0 saturated carbocycles. The number of fused-ring (bicyclic) bond motifs is 2. The fourth-order valence-electron chi connectivity index (χ4n) is 2.54. The standard InChI is InChI=1S/C14H8N2O3S/c17-11-8-3-6-20-14(8)12(18)9-10(16-19-13(9)11)7-1-4-15-5-2-7/h1-6,8,14H. The Hall–Kier alpha value is -2.21. The van der Waals surface area contributed by atoms with E-state index in [1.165, 1.54) is 11.8 Å². The summed E-state index contributed by atoms with van der Waals surface area (Å²) in [5, 5.41) is 5.34. The summed E-state index contributed by atoms with van der Waals surface area (Å²) in [6.07, 6.45) is 4.98. The van der Waals surface area contributed by atoms with E-state index in [2.05, 4.69) is 10.1 Å². The van der Waals surface area contributed by atoms with Crippen molar-refractivity contribution in [3.8, 4) is 11.3 Å². The van der Waals surface area contributed by atoms with Crippen molar-refractivity contribution in [2.24, 2.45) is 5.92 Å². The first-order valence-electron chi connectivity index (χ1n) is 6.08. The highest BCUT2D eigenvalue weighted by molar-refractivity contribution is 8.03. The first kappa shape index (κ1) is 11.6. The van der Waals surface area contributed by atoms with Gasteiger partial charge in [-0.15, -0.1) is 11.8 Å². The molecule has 0 radical (unpaired) electrons. The van der Waals surface area contributed by atoms with Gasteiger partial charge in [-0.05, 0) is 17.5 Å². The molecule has 3 heterocycles. The Morgan fingerprint density at radius 3 is 2.75 bits per heavy atom. The first-order chi connectivity index (χ1) is 9.77. The summed E-state index contributed by atoms with van der Waals surface area (Å²) in [6.45, 7) is 0. The zero-order chi connectivity index (χ0) is 13.7. The first-order valence-corrected chi connectivity index (χ1v) is 7.02. The van der Waals surface area contributed by atoms with Gasteiger partial charge >= 0.3 is 0 Å². The van der Waals surface area contributed by atoms with Crippen molar-refractivity contribution in [1.29, 1.82) is 0 Å². The lowest BCUT2D eigenvalue weighted by molar-refractivity contribution is 0.0832. The van der Waals surface area contributed by atoms with E-state index in [0.29, 0.717) is 11.3 Å². The molecule has 0 aromatic carbocycles. The van der Waals surface area contributed by atoms with E-state index in [-0.39, 0.29) is 22.6 Å². The van der Waals surface area contributed by atoms with Crippen molar-refractivity contribution in [3.05, 3.63) is 47.3 Å². The van der Waals surface area contributed by atoms with E-state index in [1.807, 2.05) is 0 Å². The molecule has 2 aromatic rings. The molecule has 20 heavy (non-hydrogen) atoms. The van der Waals surface area contributed by atoms with Crippen LogP contribution in [0.1, 0.15) is 20.9 Å². The number of allylic oxidation sites excluding steroid dienone is 1. The van der Waals surface area contributed by atoms with Gasteiger partial charge < -0.3 is 4.52 Å². The Balaban J connectivity index is 1.91. The van der Waals surface area contributed by atoms with Crippen molar-refractivity contribution >= 4 is 23.3 Å². The van der Waals surface area contributed by atoms with Crippen LogP contribution in [0.25, 0.3) is 11.3 Å². The normalized spacial score (nSPS) is 23.8. The lowest BCUT2D eigenvalue weighted by atomic mass is 9.84. The third kappa shape index (κ3) is 1.45. The number of Topliss-reactive ketones (excluding diaryl/α,β-unsaturated/α-hetero) is 2. The summed E-state index contributed by atoms with van der Waals surface area (Å²) in [5.74, 6) is -0.597. The molecular weight excluding hydrogens is 276 g/mol. The van der Waals surface area contributed by atoms with Crippen LogP contribution in [0.15, 0.2) is 40.5 Å². The minimum atomic E-state index is -0.418. The third-order valence-electron chi connectivity index (χ3n) is 3.51. The van der Waals surface area contributed by atoms with Crippen molar-refractivity contribution in [2.45, 2.75) is 5.25 Å². The van der Waals surface area contributed by atoms with Crippen LogP contribution in [0, 0.1) is 5.92 Å². The predicted octanol–water partition coefficient (Wildman–Crippen LogP) is 2.36. The van der Waals surface area contributed by atoms with Gasteiger partial charge in [0.15, 0.2) is 5.78 Å². The Kier molecular flexibility index (Phi) is 2.40. The van der Waals surface area contributed by atoms with Crippen molar-refractivity contribution < 1.29 is 14.1 Å². The molecule has 0 saturated heterocycles. The molecule has 0 spiro atoms. The smallest absolute Gasteiger partial charge is 0.214 e. The molecule has 1 aliphatic heterocycles. The van der Waals surface area contributed by atoms with Gasteiger partial charge in [0.1, 0.15) is 5.69 Å². The van der Waals surface area contributed by atoms with Crippen molar-refractivity contribution in [1.82, 2.24) is 10.1 Å². The lowest BCUT2D eigenvalue weighted by Crippen LogP contribution is -2.35. The van der Waals surface area contributed by atoms with Crippen molar-refractivity contribution in [2.75, 3.05) is 0 Å². The van der Waals surface area contributed by atoms with Crippen molar-refractivity contribution in [3.63, 3.8) is 0 Å². The lowest BCUT2D eigenvalue weighted by Gasteiger charge is -2.20. The fraction of sp³-hybridized carbons (Fsp3) is 0.143. The van der Waals surface area contributed by atoms with Crippen LogP contribution in [0.3, 0.4) is 0 Å². The van der Waals surface area contributed by atoms with Crippen LogP contribution in [-0.2, 0) is 0 Å². The molecule has 98 valence electrons. The number of carbonyl (C=O) groups excluding carboxylic acids is 2. The third-order valence-corrected chi connectivity index (χ3v) is 4.63. The summed E-state index contributed by atoms with van der Waals surface area (Å²) in [5.41, 5.74) is 1.45. The highest BCUT2D eigenvalue weighted by Gasteiger charge is 2.46. The largest absolute Gasteiger partial charge is 0.352 e. The maximum absolute atomic E-state index is 12.6. The van der Waals surface area contributed by atoms with Crippen LogP contribution in [0.4, 0.5) is 0 Å². The maximum atomic E-state index is 12.6. The molecule has 4 rings (SSSR count). The molecule has 2 unspecified atom stereocenters. The van der Waals surface area contributed by atoms with E-state index in [4.69, 9.17) is 4.52 Å². The average molecular weight is 284 g/mol. The molecule has 0 fully saturated rings. The SMILES string of the molecule is O=C1c2onc(-c3ccncc3)c2C(=O)C2SC=CC12. The second-order valence-corrected chi connectivity index (χ2v) is 5.66. The molecule has 2 aromatic heterocycles. The number of hydrogen-bond acceptors (Lipinski definition) is 6. The topological polar surface area (TPSA) is 73.1 Å². The van der Waals surface area contributed by atoms with E-state index < -0.39 is 5.92 Å². The maximum Gasteiger partial charge on any atom is 0.214 e. The molecule has 0 amide bonds. The number of pyridine rings is 1. The van der Waals surface area contributed by atoms with Crippen LogP contribution < -0.4 is 0 Å². The summed E-state index contributed by atoms with van der Waals surface area (Å²) < 4.78 is 5.15. The van der Waals surface area contributed by atoms with Gasteiger partial charge in [-0.25, -0.2) is 0 Å². The number of carbonyl (C=O) groups is 2. The van der Waals surface area contributed by atoms with E-state index in [1.54, 1.807) is 36.0 Å². The van der Waals surface area contributed by atoms with Gasteiger partial charge in [-0.2, -0.15) is 0 Å². The summed E-state index contributed by atoms with van der Waals surface area (Å²) in [4.78, 5) is 28.8. The zero-order valence-electron chi connectivity index (χ0n) is 10.1. The number of ketones is 2. The van der Waals surface area contributed by atoms with Gasteiger partial charge in [-0.1, -0.05) is 11.2 Å². The minimum Gasteiger partial charge on any atom is -0.352 e. The number of hydrogen-bond donors (Lipinski definition) is 0. The molecule has 0 N–H and O–H groups in total. The van der Waals surface area contributed by atoms with Gasteiger partial charge in [0, 0.05) is 18.0 Å². The van der Waals surface area contributed by atoms with E-state index in [0.717, 1.165) is 5.56 Å². The molecule has 5 nitrogen and oxygen atoms in total. The highest BCUT2D eigenvalue weighted by atomic mass is 32.2. The Labute approximate surface area is 118 Å². The molecular formula is C14H8N2O3S.